The molecular formula is C22H22BrN3O3S. The zero-order chi connectivity index (χ0) is 21.7. The molecular weight excluding hydrogens is 466 g/mol. The zero-order valence-corrected chi connectivity index (χ0v) is 19.3. The summed E-state index contributed by atoms with van der Waals surface area (Å²) in [6, 6.07) is 13.3. The van der Waals surface area contributed by atoms with Crippen molar-refractivity contribution in [1.29, 1.82) is 0 Å². The molecule has 0 radical (unpaired) electrons. The lowest BCUT2D eigenvalue weighted by Gasteiger charge is -2.09. The number of carbonyl (C=O) groups excluding carboxylic acids is 1. The monoisotopic (exact) mass is 487 g/mol. The van der Waals surface area contributed by atoms with Crippen LogP contribution in [-0.2, 0) is 17.0 Å². The number of anilines is 1. The van der Waals surface area contributed by atoms with E-state index in [2.05, 4.69) is 31.2 Å². The number of H-pyrrole nitrogens is 1. The molecule has 3 rings (SSSR count). The van der Waals surface area contributed by atoms with Gasteiger partial charge in [0.15, 0.2) is 5.16 Å². The minimum Gasteiger partial charge on any atom is -0.497 e. The first kappa shape index (κ1) is 22.1. The average molecular weight is 488 g/mol. The van der Waals surface area contributed by atoms with Crippen LogP contribution in [0.5, 0.6) is 5.75 Å². The zero-order valence-electron chi connectivity index (χ0n) is 16.9. The molecule has 1 aromatic heterocycles. The number of thioether (sulfide) groups is 1. The molecule has 3 aromatic rings. The third-order valence-corrected chi connectivity index (χ3v) is 6.32. The van der Waals surface area contributed by atoms with E-state index >= 15 is 0 Å². The van der Waals surface area contributed by atoms with E-state index < -0.39 is 0 Å². The Morgan fingerprint density at radius 1 is 1.23 bits per heavy atom. The molecule has 0 aliphatic carbocycles. The summed E-state index contributed by atoms with van der Waals surface area (Å²) in [5.74, 6) is 1.17. The first-order valence-electron chi connectivity index (χ1n) is 9.27. The van der Waals surface area contributed by atoms with E-state index in [9.17, 15) is 9.59 Å². The number of nitrogens with zero attached hydrogens (tertiary/aromatic N) is 1. The number of hydrogen-bond donors (Lipinski definition) is 2. The number of nitrogens with one attached hydrogen (secondary N) is 2. The maximum Gasteiger partial charge on any atom is 0.255 e. The van der Waals surface area contributed by atoms with E-state index in [1.165, 1.54) is 11.8 Å². The number of aromatic amines is 1. The molecule has 0 bridgehead atoms. The maximum atomic E-state index is 12.5. The number of aryl methyl sites for hydroxylation is 2. The number of amides is 1. The van der Waals surface area contributed by atoms with Crippen LogP contribution in [0.1, 0.15) is 22.4 Å². The first-order valence-corrected chi connectivity index (χ1v) is 11.0. The van der Waals surface area contributed by atoms with Crippen molar-refractivity contribution in [3.05, 3.63) is 79.7 Å². The van der Waals surface area contributed by atoms with Gasteiger partial charge in [0.05, 0.1) is 13.5 Å². The quantitative estimate of drug-likeness (QED) is 0.374. The predicted molar refractivity (Wildman–Crippen MR) is 123 cm³/mol. The third kappa shape index (κ3) is 5.73. The van der Waals surface area contributed by atoms with Crippen LogP contribution in [-0.4, -0.2) is 23.0 Å². The van der Waals surface area contributed by atoms with Crippen molar-refractivity contribution in [2.75, 3.05) is 12.4 Å². The van der Waals surface area contributed by atoms with Gasteiger partial charge in [-0.25, -0.2) is 4.98 Å². The van der Waals surface area contributed by atoms with E-state index in [1.807, 2.05) is 49.4 Å². The fourth-order valence-electron chi connectivity index (χ4n) is 2.86. The van der Waals surface area contributed by atoms with Crippen molar-refractivity contribution in [2.24, 2.45) is 0 Å². The Morgan fingerprint density at radius 3 is 2.73 bits per heavy atom. The SMILES string of the molecule is COc1cccc(CSc2nc(C)c(CC(=O)Nc3ccc(Br)c(C)c3)c(=O)[nH]2)c1. The number of halogens is 1. The standard InChI is InChI=1S/C22H22BrN3O3S/c1-13-9-16(7-8-19(13)23)25-20(27)11-18-14(2)24-22(26-21(18)28)30-12-15-5-4-6-17(10-15)29-3/h4-10H,11-12H2,1-3H3,(H,25,27)(H,24,26,28). The molecule has 0 saturated carbocycles. The number of rotatable bonds is 7. The summed E-state index contributed by atoms with van der Waals surface area (Å²) >= 11 is 4.86. The lowest BCUT2D eigenvalue weighted by molar-refractivity contribution is -0.115. The molecule has 2 N–H and O–H groups in total. The number of hydrogen-bond acceptors (Lipinski definition) is 5. The summed E-state index contributed by atoms with van der Waals surface area (Å²) in [5, 5.41) is 3.35. The highest BCUT2D eigenvalue weighted by atomic mass is 79.9. The normalized spacial score (nSPS) is 10.7. The van der Waals surface area contributed by atoms with Crippen LogP contribution < -0.4 is 15.6 Å². The van der Waals surface area contributed by atoms with E-state index in [0.29, 0.717) is 27.9 Å². The molecule has 1 amide bonds. The lowest BCUT2D eigenvalue weighted by atomic mass is 10.1. The van der Waals surface area contributed by atoms with Gasteiger partial charge in [0.2, 0.25) is 5.91 Å². The molecule has 6 nitrogen and oxygen atoms in total. The van der Waals surface area contributed by atoms with Crippen LogP contribution in [0.25, 0.3) is 0 Å². The molecule has 0 spiro atoms. The van der Waals surface area contributed by atoms with Crippen LogP contribution in [0.15, 0.2) is 56.9 Å². The molecule has 8 heteroatoms. The second-order valence-electron chi connectivity index (χ2n) is 6.76. The minimum atomic E-state index is -0.294. The Kier molecular flexibility index (Phi) is 7.33. The van der Waals surface area contributed by atoms with Crippen LogP contribution in [0.4, 0.5) is 5.69 Å². The number of aromatic nitrogens is 2. The Labute approximate surface area is 187 Å². The van der Waals surface area contributed by atoms with Crippen molar-refractivity contribution in [3.63, 3.8) is 0 Å². The first-order chi connectivity index (χ1) is 14.4. The molecule has 0 atom stereocenters. The van der Waals surface area contributed by atoms with Gasteiger partial charge in [-0.1, -0.05) is 39.8 Å². The number of methoxy groups -OCH3 is 1. The van der Waals surface area contributed by atoms with E-state index in [1.54, 1.807) is 14.0 Å². The van der Waals surface area contributed by atoms with Crippen molar-refractivity contribution in [2.45, 2.75) is 31.2 Å². The van der Waals surface area contributed by atoms with Gasteiger partial charge in [0.25, 0.3) is 5.56 Å². The Morgan fingerprint density at radius 2 is 2.03 bits per heavy atom. The van der Waals surface area contributed by atoms with Gasteiger partial charge in [-0.3, -0.25) is 9.59 Å². The second kappa shape index (κ2) is 9.95. The lowest BCUT2D eigenvalue weighted by Crippen LogP contribution is -2.23. The predicted octanol–water partition coefficient (Wildman–Crippen LogP) is 4.63. The van der Waals surface area contributed by atoms with Gasteiger partial charge in [0.1, 0.15) is 5.75 Å². The van der Waals surface area contributed by atoms with Crippen LogP contribution in [0.2, 0.25) is 0 Å². The highest BCUT2D eigenvalue weighted by molar-refractivity contribution is 9.10. The van der Waals surface area contributed by atoms with Crippen molar-refractivity contribution in [1.82, 2.24) is 9.97 Å². The highest BCUT2D eigenvalue weighted by Crippen LogP contribution is 2.22. The van der Waals surface area contributed by atoms with Crippen molar-refractivity contribution in [3.8, 4) is 5.75 Å². The van der Waals surface area contributed by atoms with Crippen LogP contribution in [0.3, 0.4) is 0 Å². The minimum absolute atomic E-state index is 0.0376. The topological polar surface area (TPSA) is 84.1 Å². The van der Waals surface area contributed by atoms with Crippen molar-refractivity contribution < 1.29 is 9.53 Å². The fraction of sp³-hybridized carbons (Fsp3) is 0.227. The molecule has 1 heterocycles. The number of ether oxygens (including phenoxy) is 1. The summed E-state index contributed by atoms with van der Waals surface area (Å²) in [4.78, 5) is 32.2. The van der Waals surface area contributed by atoms with Gasteiger partial charge in [0, 0.05) is 27.2 Å². The molecule has 30 heavy (non-hydrogen) atoms. The van der Waals surface area contributed by atoms with Crippen molar-refractivity contribution >= 4 is 39.3 Å². The molecule has 2 aromatic carbocycles. The third-order valence-electron chi connectivity index (χ3n) is 4.49. The van der Waals surface area contributed by atoms with Gasteiger partial charge in [-0.2, -0.15) is 0 Å². The summed E-state index contributed by atoms with van der Waals surface area (Å²) < 4.78 is 6.20. The molecule has 0 unspecified atom stereocenters. The van der Waals surface area contributed by atoms with Crippen LogP contribution >= 0.6 is 27.7 Å². The Hall–Kier alpha value is -2.58. The number of carbonyl (C=O) groups is 1. The summed E-state index contributed by atoms with van der Waals surface area (Å²) in [7, 11) is 1.63. The van der Waals surface area contributed by atoms with E-state index in [4.69, 9.17) is 4.74 Å². The molecule has 156 valence electrons. The summed E-state index contributed by atoms with van der Waals surface area (Å²) in [6.07, 6.45) is -0.0376. The number of benzene rings is 2. The fourth-order valence-corrected chi connectivity index (χ4v) is 3.96. The van der Waals surface area contributed by atoms with E-state index in [0.717, 1.165) is 21.3 Å². The summed E-state index contributed by atoms with van der Waals surface area (Å²) in [6.45, 7) is 3.69. The largest absolute Gasteiger partial charge is 0.497 e. The molecule has 0 saturated heterocycles. The van der Waals surface area contributed by atoms with Crippen LogP contribution in [0, 0.1) is 13.8 Å². The summed E-state index contributed by atoms with van der Waals surface area (Å²) in [5.41, 5.74) is 3.39. The Bertz CT molecular complexity index is 1130. The molecule has 0 fully saturated rings. The molecule has 0 aliphatic heterocycles. The van der Waals surface area contributed by atoms with Gasteiger partial charge in [-0.05, 0) is 55.3 Å². The highest BCUT2D eigenvalue weighted by Gasteiger charge is 2.14. The van der Waals surface area contributed by atoms with Gasteiger partial charge in [-0.15, -0.1) is 0 Å². The second-order valence-corrected chi connectivity index (χ2v) is 8.58. The smallest absolute Gasteiger partial charge is 0.255 e. The maximum absolute atomic E-state index is 12.5. The molecule has 0 aliphatic rings. The van der Waals surface area contributed by atoms with Gasteiger partial charge >= 0.3 is 0 Å². The van der Waals surface area contributed by atoms with Gasteiger partial charge < -0.3 is 15.0 Å². The average Bonchev–Trinajstić information content (AvgIpc) is 2.72. The van der Waals surface area contributed by atoms with E-state index in [-0.39, 0.29) is 17.9 Å². The Balaban J connectivity index is 1.67.